The van der Waals surface area contributed by atoms with Gasteiger partial charge in [-0.2, -0.15) is 0 Å². The number of hydrogen-bond donors (Lipinski definition) is 1. The number of benzene rings is 2. The molecule has 0 saturated carbocycles. The van der Waals surface area contributed by atoms with Crippen LogP contribution in [0.1, 0.15) is 15.9 Å². The lowest BCUT2D eigenvalue weighted by Gasteiger charge is -2.28. The van der Waals surface area contributed by atoms with Gasteiger partial charge in [0, 0.05) is 23.0 Å². The van der Waals surface area contributed by atoms with Gasteiger partial charge in [0.2, 0.25) is 0 Å². The van der Waals surface area contributed by atoms with Gasteiger partial charge in [-0.05, 0) is 61.0 Å². The average molecular weight is 476 g/mol. The highest BCUT2D eigenvalue weighted by Gasteiger charge is 2.26. The van der Waals surface area contributed by atoms with Crippen LogP contribution in [-0.2, 0) is 14.8 Å². The number of anilines is 2. The van der Waals surface area contributed by atoms with Crippen LogP contribution >= 0.6 is 0 Å². The second-order valence-electron chi connectivity index (χ2n) is 7.84. The Labute approximate surface area is 196 Å². The molecule has 0 spiro atoms. The predicted molar refractivity (Wildman–Crippen MR) is 129 cm³/mol. The van der Waals surface area contributed by atoms with Crippen molar-refractivity contribution in [3.63, 3.8) is 0 Å². The largest absolute Gasteiger partial charge is 0.362 e. The zero-order chi connectivity index (χ0) is 23.7. The number of aryl methyl sites for hydroxylation is 1. The molecule has 0 radical (unpaired) electrons. The summed E-state index contributed by atoms with van der Waals surface area (Å²) in [5.41, 5.74) is 4.73. The van der Waals surface area contributed by atoms with E-state index in [1.807, 2.05) is 37.3 Å². The number of ether oxygens (including phenoxy) is 1. The Bertz CT molecular complexity index is 1490. The molecule has 10 heteroatoms. The Morgan fingerprint density at radius 3 is 2.68 bits per heavy atom. The molecule has 5 rings (SSSR count). The number of carbonyl (C=O) groups excluding carboxylic acids is 1. The zero-order valence-corrected chi connectivity index (χ0v) is 19.1. The van der Waals surface area contributed by atoms with E-state index < -0.39 is 10.0 Å². The molecule has 2 aromatic heterocycles. The first-order valence-corrected chi connectivity index (χ1v) is 12.2. The predicted octanol–water partition coefficient (Wildman–Crippen LogP) is 3.38. The summed E-state index contributed by atoms with van der Waals surface area (Å²) >= 11 is 0. The number of fused-ring (bicyclic) bond motifs is 1. The zero-order valence-electron chi connectivity index (χ0n) is 18.3. The van der Waals surface area contributed by atoms with Crippen molar-refractivity contribution in [2.24, 2.45) is 0 Å². The molecule has 172 valence electrons. The Kier molecular flexibility index (Phi) is 5.68. The molecule has 1 aliphatic rings. The maximum Gasteiger partial charge on any atom is 0.259 e. The van der Waals surface area contributed by atoms with Crippen molar-refractivity contribution >= 4 is 38.3 Å². The number of hydrogen-bond acceptors (Lipinski definition) is 7. The third-order valence-corrected chi connectivity index (χ3v) is 7.04. The third kappa shape index (κ3) is 4.33. The van der Waals surface area contributed by atoms with Gasteiger partial charge < -0.3 is 10.1 Å². The monoisotopic (exact) mass is 475 g/mol. The molecule has 2 aromatic carbocycles. The van der Waals surface area contributed by atoms with Gasteiger partial charge in [-0.15, -0.1) is 0 Å². The highest BCUT2D eigenvalue weighted by atomic mass is 32.2. The molecular weight excluding hydrogens is 454 g/mol. The second-order valence-corrected chi connectivity index (χ2v) is 9.68. The number of nitrogens with one attached hydrogen (secondary N) is 1. The van der Waals surface area contributed by atoms with E-state index in [9.17, 15) is 13.2 Å². The molecule has 34 heavy (non-hydrogen) atoms. The number of aromatic nitrogens is 3. The Morgan fingerprint density at radius 2 is 1.88 bits per heavy atom. The molecular formula is C24H21N5O4S. The molecule has 0 aliphatic carbocycles. The lowest BCUT2D eigenvalue weighted by atomic mass is 10.1. The van der Waals surface area contributed by atoms with E-state index in [2.05, 4.69) is 20.3 Å². The first kappa shape index (κ1) is 21.9. The Hall–Kier alpha value is -3.89. The van der Waals surface area contributed by atoms with Crippen LogP contribution in [0.2, 0.25) is 0 Å². The molecule has 0 bridgehead atoms. The molecule has 0 atom stereocenters. The fourth-order valence-corrected chi connectivity index (χ4v) is 4.98. The lowest BCUT2D eigenvalue weighted by molar-refractivity contribution is 0.102. The van der Waals surface area contributed by atoms with Crippen molar-refractivity contribution in [1.82, 2.24) is 15.0 Å². The van der Waals surface area contributed by atoms with Gasteiger partial charge in [0.05, 0.1) is 30.6 Å². The summed E-state index contributed by atoms with van der Waals surface area (Å²) in [6.45, 7) is 2.53. The SMILES string of the molecule is Cc1ccc(NC(=O)c2ccc(N3CCOCS3(=O)=O)cc2)cc1-c1ncc2ncccc2n1. The van der Waals surface area contributed by atoms with Crippen molar-refractivity contribution in [3.8, 4) is 11.4 Å². The van der Waals surface area contributed by atoms with Gasteiger partial charge in [-0.1, -0.05) is 6.07 Å². The van der Waals surface area contributed by atoms with Gasteiger partial charge in [0.15, 0.2) is 11.8 Å². The summed E-state index contributed by atoms with van der Waals surface area (Å²) in [7, 11) is -3.51. The summed E-state index contributed by atoms with van der Waals surface area (Å²) in [4.78, 5) is 26.1. The highest BCUT2D eigenvalue weighted by Crippen LogP contribution is 2.26. The normalized spacial score (nSPS) is 15.3. The van der Waals surface area contributed by atoms with E-state index in [1.54, 1.807) is 36.7 Å². The van der Waals surface area contributed by atoms with Crippen LogP contribution in [0, 0.1) is 6.92 Å². The van der Waals surface area contributed by atoms with Gasteiger partial charge in [0.25, 0.3) is 15.9 Å². The van der Waals surface area contributed by atoms with Crippen molar-refractivity contribution < 1.29 is 17.9 Å². The number of sulfonamides is 1. The minimum absolute atomic E-state index is 0.243. The standard InChI is InChI=1S/C24H21N5O4S/c1-16-4-7-18(13-20(16)23-26-14-22-21(28-23)3-2-10-25-22)27-24(30)17-5-8-19(9-6-17)29-11-12-33-15-34(29,31)32/h2-10,13-14H,11-12,15H2,1H3,(H,27,30). The summed E-state index contributed by atoms with van der Waals surface area (Å²) in [5.74, 6) is -0.109. The van der Waals surface area contributed by atoms with Crippen LogP contribution in [0.5, 0.6) is 0 Å². The molecule has 1 saturated heterocycles. The molecule has 9 nitrogen and oxygen atoms in total. The topological polar surface area (TPSA) is 114 Å². The van der Waals surface area contributed by atoms with Crippen LogP contribution in [0.15, 0.2) is 67.0 Å². The van der Waals surface area contributed by atoms with Crippen molar-refractivity contribution in [2.45, 2.75) is 6.92 Å². The third-order valence-electron chi connectivity index (χ3n) is 5.51. The summed E-state index contributed by atoms with van der Waals surface area (Å²) in [5, 5.41) is 2.89. The Morgan fingerprint density at radius 1 is 1.06 bits per heavy atom. The molecule has 1 aliphatic heterocycles. The molecule has 3 heterocycles. The summed E-state index contributed by atoms with van der Waals surface area (Å²) in [6, 6.07) is 15.7. The molecule has 1 amide bonds. The molecule has 1 N–H and O–H groups in total. The van der Waals surface area contributed by atoms with E-state index in [0.29, 0.717) is 34.9 Å². The average Bonchev–Trinajstić information content (AvgIpc) is 2.85. The number of amides is 1. The number of rotatable bonds is 4. The van der Waals surface area contributed by atoms with E-state index in [0.717, 1.165) is 16.6 Å². The van der Waals surface area contributed by atoms with E-state index in [1.165, 1.54) is 4.31 Å². The van der Waals surface area contributed by atoms with Crippen LogP contribution in [-0.4, -0.2) is 48.4 Å². The highest BCUT2D eigenvalue weighted by molar-refractivity contribution is 7.92. The summed E-state index contributed by atoms with van der Waals surface area (Å²) < 4.78 is 30.7. The minimum Gasteiger partial charge on any atom is -0.362 e. The fourth-order valence-electron chi connectivity index (χ4n) is 3.73. The van der Waals surface area contributed by atoms with Crippen molar-refractivity contribution in [3.05, 3.63) is 78.1 Å². The fraction of sp³-hybridized carbons (Fsp3) is 0.167. The van der Waals surface area contributed by atoms with E-state index in [-0.39, 0.29) is 18.4 Å². The van der Waals surface area contributed by atoms with Crippen molar-refractivity contribution in [2.75, 3.05) is 28.7 Å². The van der Waals surface area contributed by atoms with Crippen LogP contribution in [0.4, 0.5) is 11.4 Å². The quantitative estimate of drug-likeness (QED) is 0.481. The van der Waals surface area contributed by atoms with Crippen LogP contribution < -0.4 is 9.62 Å². The minimum atomic E-state index is -3.51. The second kappa shape index (κ2) is 8.81. The molecule has 1 fully saturated rings. The molecule has 0 unspecified atom stereocenters. The van der Waals surface area contributed by atoms with Crippen LogP contribution in [0.3, 0.4) is 0 Å². The van der Waals surface area contributed by atoms with Gasteiger partial charge >= 0.3 is 0 Å². The van der Waals surface area contributed by atoms with E-state index >= 15 is 0 Å². The van der Waals surface area contributed by atoms with Gasteiger partial charge in [-0.3, -0.25) is 14.1 Å². The van der Waals surface area contributed by atoms with Crippen LogP contribution in [0.25, 0.3) is 22.4 Å². The van der Waals surface area contributed by atoms with Gasteiger partial charge in [0.1, 0.15) is 5.52 Å². The number of pyridine rings is 1. The smallest absolute Gasteiger partial charge is 0.259 e. The Balaban J connectivity index is 1.36. The first-order chi connectivity index (χ1) is 16.4. The first-order valence-electron chi connectivity index (χ1n) is 10.6. The number of nitrogens with zero attached hydrogens (tertiary/aromatic N) is 4. The summed E-state index contributed by atoms with van der Waals surface area (Å²) in [6.07, 6.45) is 3.37. The van der Waals surface area contributed by atoms with Gasteiger partial charge in [-0.25, -0.2) is 18.4 Å². The maximum absolute atomic E-state index is 12.8. The van der Waals surface area contributed by atoms with E-state index in [4.69, 9.17) is 4.74 Å². The molecule has 4 aromatic rings. The lowest BCUT2D eigenvalue weighted by Crippen LogP contribution is -2.41. The van der Waals surface area contributed by atoms with Crippen molar-refractivity contribution in [1.29, 1.82) is 0 Å². The number of carbonyl (C=O) groups is 1. The maximum atomic E-state index is 12.8.